The Morgan fingerprint density at radius 1 is 0.929 bits per heavy atom. The molecule has 1 saturated carbocycles. The van der Waals surface area contributed by atoms with Crippen LogP contribution in [0.1, 0.15) is 62.5 Å². The molecule has 10 heteroatoms. The van der Waals surface area contributed by atoms with Crippen molar-refractivity contribution in [2.45, 2.75) is 82.5 Å². The molecule has 42 heavy (non-hydrogen) atoms. The van der Waals surface area contributed by atoms with E-state index in [2.05, 4.69) is 0 Å². The second-order valence-corrected chi connectivity index (χ2v) is 11.2. The van der Waals surface area contributed by atoms with Gasteiger partial charge in [-0.3, -0.25) is 0 Å². The summed E-state index contributed by atoms with van der Waals surface area (Å²) in [5.74, 6) is 0.871. The molecule has 5 atom stereocenters. The van der Waals surface area contributed by atoms with Crippen molar-refractivity contribution in [2.75, 3.05) is 34.2 Å². The van der Waals surface area contributed by atoms with Gasteiger partial charge in [-0.25, -0.2) is 0 Å². The number of hydrogen-bond donors (Lipinski definition) is 6. The second-order valence-electron chi connectivity index (χ2n) is 11.2. The van der Waals surface area contributed by atoms with Crippen LogP contribution in [0.2, 0.25) is 0 Å². The number of aromatic hydroxyl groups is 2. The molecule has 10 nitrogen and oxygen atoms in total. The van der Waals surface area contributed by atoms with E-state index < -0.39 is 24.9 Å². The number of rotatable bonds is 18. The van der Waals surface area contributed by atoms with Crippen LogP contribution in [0.15, 0.2) is 30.3 Å². The molecule has 2 aromatic carbocycles. The smallest absolute Gasteiger partial charge is 0.200 e. The Labute approximate surface area is 248 Å². The molecule has 0 aromatic heterocycles. The molecule has 0 saturated heterocycles. The lowest BCUT2D eigenvalue weighted by molar-refractivity contribution is -0.0765. The quantitative estimate of drug-likeness (QED) is 0.141. The van der Waals surface area contributed by atoms with Gasteiger partial charge in [0, 0.05) is 19.1 Å². The van der Waals surface area contributed by atoms with E-state index in [-0.39, 0.29) is 48.7 Å². The number of aryl methyl sites for hydroxylation is 1. The number of aliphatic hydroxyl groups excluding tert-OH is 4. The number of phenols is 2. The zero-order valence-corrected chi connectivity index (χ0v) is 24.8. The van der Waals surface area contributed by atoms with Crippen LogP contribution in [0.4, 0.5) is 0 Å². The van der Waals surface area contributed by atoms with Crippen LogP contribution in [0.3, 0.4) is 0 Å². The number of phenolic OH excluding ortho intramolecular Hbond substituents is 2. The highest BCUT2D eigenvalue weighted by Gasteiger charge is 2.26. The molecular weight excluding hydrogens is 544 g/mol. The number of aliphatic hydroxyl groups is 4. The molecule has 1 aliphatic rings. The fraction of sp³-hybridized carbons (Fsp3) is 0.625. The van der Waals surface area contributed by atoms with Crippen LogP contribution >= 0.6 is 0 Å². The maximum Gasteiger partial charge on any atom is 0.200 e. The van der Waals surface area contributed by atoms with E-state index in [0.29, 0.717) is 36.5 Å². The summed E-state index contributed by atoms with van der Waals surface area (Å²) in [7, 11) is 2.87. The molecule has 0 heterocycles. The summed E-state index contributed by atoms with van der Waals surface area (Å²) in [6, 6.07) is 8.56. The third-order valence-corrected chi connectivity index (χ3v) is 8.21. The molecule has 236 valence electrons. The minimum absolute atomic E-state index is 0.0214. The van der Waals surface area contributed by atoms with Gasteiger partial charge in [-0.2, -0.15) is 0 Å². The SMILES string of the molecule is COc1cc(C[C@H](CO)[C@H](O)C[C@H](CCc2ccc(O)c(O[C@@H]3CCC[C@H](CCCO)C3)c2)OCO)cc(OC)c1O. The van der Waals surface area contributed by atoms with E-state index in [9.17, 15) is 25.5 Å². The highest BCUT2D eigenvalue weighted by Crippen LogP contribution is 2.38. The first-order chi connectivity index (χ1) is 20.3. The summed E-state index contributed by atoms with van der Waals surface area (Å²) >= 11 is 0. The Hall–Kier alpha value is -2.76. The van der Waals surface area contributed by atoms with Gasteiger partial charge in [-0.05, 0) is 99.1 Å². The monoisotopic (exact) mass is 592 g/mol. The first kappa shape index (κ1) is 33.7. The van der Waals surface area contributed by atoms with Gasteiger partial charge in [-0.15, -0.1) is 0 Å². The van der Waals surface area contributed by atoms with E-state index in [1.807, 2.05) is 12.1 Å². The van der Waals surface area contributed by atoms with Gasteiger partial charge < -0.3 is 49.6 Å². The zero-order chi connectivity index (χ0) is 30.5. The van der Waals surface area contributed by atoms with Gasteiger partial charge in [0.05, 0.1) is 32.5 Å². The van der Waals surface area contributed by atoms with Crippen LogP contribution in [0, 0.1) is 11.8 Å². The number of methoxy groups -OCH3 is 2. The minimum Gasteiger partial charge on any atom is -0.504 e. The van der Waals surface area contributed by atoms with Crippen molar-refractivity contribution >= 4 is 0 Å². The Morgan fingerprint density at radius 3 is 2.29 bits per heavy atom. The Morgan fingerprint density at radius 2 is 1.64 bits per heavy atom. The van der Waals surface area contributed by atoms with Crippen LogP contribution < -0.4 is 14.2 Å². The summed E-state index contributed by atoms with van der Waals surface area (Å²) in [6.45, 7) is -0.581. The van der Waals surface area contributed by atoms with Crippen molar-refractivity contribution in [3.8, 4) is 28.7 Å². The van der Waals surface area contributed by atoms with E-state index >= 15 is 0 Å². The predicted molar refractivity (Wildman–Crippen MR) is 157 cm³/mol. The predicted octanol–water partition coefficient (Wildman–Crippen LogP) is 3.69. The number of ether oxygens (including phenoxy) is 4. The molecule has 1 fully saturated rings. The molecule has 6 N–H and O–H groups in total. The molecule has 0 bridgehead atoms. The third-order valence-electron chi connectivity index (χ3n) is 8.21. The highest BCUT2D eigenvalue weighted by atomic mass is 16.6. The summed E-state index contributed by atoms with van der Waals surface area (Å²) in [4.78, 5) is 0. The van der Waals surface area contributed by atoms with Crippen molar-refractivity contribution in [3.05, 3.63) is 41.5 Å². The zero-order valence-electron chi connectivity index (χ0n) is 24.8. The highest BCUT2D eigenvalue weighted by molar-refractivity contribution is 5.52. The van der Waals surface area contributed by atoms with Crippen LogP contribution in [-0.2, 0) is 17.6 Å². The average molecular weight is 593 g/mol. The number of hydrogen-bond acceptors (Lipinski definition) is 10. The molecule has 0 amide bonds. The normalized spacial score (nSPS) is 19.2. The lowest BCUT2D eigenvalue weighted by Gasteiger charge is -2.30. The summed E-state index contributed by atoms with van der Waals surface area (Å²) in [5.41, 5.74) is 1.65. The van der Waals surface area contributed by atoms with E-state index in [1.165, 1.54) is 14.2 Å². The fourth-order valence-electron chi connectivity index (χ4n) is 5.83. The molecule has 0 unspecified atom stereocenters. The van der Waals surface area contributed by atoms with Crippen molar-refractivity contribution < 1.29 is 49.6 Å². The first-order valence-electron chi connectivity index (χ1n) is 14.9. The van der Waals surface area contributed by atoms with Gasteiger partial charge in [0.15, 0.2) is 23.0 Å². The molecule has 0 aliphatic heterocycles. The lowest BCUT2D eigenvalue weighted by atomic mass is 9.84. The maximum absolute atomic E-state index is 11.0. The third kappa shape index (κ3) is 9.91. The van der Waals surface area contributed by atoms with Gasteiger partial charge in [0.1, 0.15) is 6.79 Å². The fourth-order valence-corrected chi connectivity index (χ4v) is 5.83. The Balaban J connectivity index is 1.60. The molecule has 3 rings (SSSR count). The second kappa shape index (κ2) is 17.4. The van der Waals surface area contributed by atoms with Gasteiger partial charge >= 0.3 is 0 Å². The summed E-state index contributed by atoms with van der Waals surface area (Å²) in [5, 5.41) is 60.3. The van der Waals surface area contributed by atoms with Gasteiger partial charge in [0.2, 0.25) is 5.75 Å². The van der Waals surface area contributed by atoms with E-state index in [0.717, 1.165) is 44.1 Å². The standard InChI is InChI=1S/C32H48O10/c1-39-30-16-23(17-31(40-2)32(30)38)13-24(19-34)28(37)18-25(41-20-35)10-8-22-9-11-27(36)29(15-22)42-26-7-3-5-21(14-26)6-4-12-33/h9,11,15-17,21,24-26,28,33-38H,3-8,10,12-14,18-20H2,1-2H3/t21-,24-,25+,26-,28-/m1/s1. The van der Waals surface area contributed by atoms with Crippen molar-refractivity contribution in [2.24, 2.45) is 11.8 Å². The lowest BCUT2D eigenvalue weighted by Crippen LogP contribution is -2.31. The average Bonchev–Trinajstić information content (AvgIpc) is 2.99. The Kier molecular flexibility index (Phi) is 14.0. The molecule has 0 spiro atoms. The van der Waals surface area contributed by atoms with Crippen molar-refractivity contribution in [1.82, 2.24) is 0 Å². The van der Waals surface area contributed by atoms with Crippen molar-refractivity contribution in [1.29, 1.82) is 0 Å². The Bertz CT molecular complexity index is 1050. The van der Waals surface area contributed by atoms with E-state index in [1.54, 1.807) is 18.2 Å². The van der Waals surface area contributed by atoms with Crippen molar-refractivity contribution in [3.63, 3.8) is 0 Å². The van der Waals surface area contributed by atoms with Gasteiger partial charge in [0.25, 0.3) is 0 Å². The molecule has 0 radical (unpaired) electrons. The summed E-state index contributed by atoms with van der Waals surface area (Å²) < 4.78 is 22.2. The van der Waals surface area contributed by atoms with Crippen LogP contribution in [0.25, 0.3) is 0 Å². The first-order valence-corrected chi connectivity index (χ1v) is 14.9. The minimum atomic E-state index is -0.930. The van der Waals surface area contributed by atoms with E-state index in [4.69, 9.17) is 24.1 Å². The number of benzene rings is 2. The molecule has 1 aliphatic carbocycles. The molecule has 2 aromatic rings. The van der Waals surface area contributed by atoms with Crippen LogP contribution in [-0.4, -0.2) is 83.2 Å². The van der Waals surface area contributed by atoms with Crippen LogP contribution in [0.5, 0.6) is 28.7 Å². The maximum atomic E-state index is 11.0. The molecular formula is C32H48O10. The largest absolute Gasteiger partial charge is 0.504 e. The topological polar surface area (TPSA) is 158 Å². The van der Waals surface area contributed by atoms with Gasteiger partial charge in [-0.1, -0.05) is 12.5 Å². The summed E-state index contributed by atoms with van der Waals surface area (Å²) in [6.07, 6.45) is 5.97.